The summed E-state index contributed by atoms with van der Waals surface area (Å²) in [6, 6.07) is 11.0. The highest BCUT2D eigenvalue weighted by molar-refractivity contribution is 6.35. The van der Waals surface area contributed by atoms with Crippen molar-refractivity contribution < 1.29 is 4.79 Å². The lowest BCUT2D eigenvalue weighted by Gasteiger charge is -2.34. The average molecular weight is 393 g/mol. The first-order chi connectivity index (χ1) is 12.6. The zero-order chi connectivity index (χ0) is 18.4. The Balaban J connectivity index is 1.39. The van der Waals surface area contributed by atoms with Gasteiger partial charge < -0.3 is 10.2 Å². The molecular formula is C19H22Cl2N4O. The molecule has 1 aromatic heterocycles. The largest absolute Gasteiger partial charge is 0.325 e. The lowest BCUT2D eigenvalue weighted by atomic mass is 10.2. The number of hydrogen-bond acceptors (Lipinski definition) is 4. The van der Waals surface area contributed by atoms with E-state index in [0.717, 1.165) is 45.0 Å². The van der Waals surface area contributed by atoms with E-state index in [0.29, 0.717) is 22.2 Å². The molecule has 5 nitrogen and oxygen atoms in total. The molecule has 0 atom stereocenters. The number of benzene rings is 1. The summed E-state index contributed by atoms with van der Waals surface area (Å²) in [5, 5.41) is 3.87. The van der Waals surface area contributed by atoms with Crippen molar-refractivity contribution in [3.05, 3.63) is 58.3 Å². The number of carbonyl (C=O) groups is 1. The number of piperazine rings is 1. The number of pyridine rings is 1. The highest BCUT2D eigenvalue weighted by atomic mass is 35.5. The van der Waals surface area contributed by atoms with Gasteiger partial charge in [0.15, 0.2) is 0 Å². The molecule has 26 heavy (non-hydrogen) atoms. The van der Waals surface area contributed by atoms with Gasteiger partial charge in [-0.05, 0) is 30.3 Å². The molecule has 2 heterocycles. The Morgan fingerprint density at radius 1 is 1.08 bits per heavy atom. The van der Waals surface area contributed by atoms with Crippen molar-refractivity contribution in [2.75, 3.05) is 38.0 Å². The highest BCUT2D eigenvalue weighted by Crippen LogP contribution is 2.25. The third-order valence-corrected chi connectivity index (χ3v) is 5.00. The molecule has 1 fully saturated rings. The lowest BCUT2D eigenvalue weighted by molar-refractivity contribution is -0.116. The van der Waals surface area contributed by atoms with Crippen LogP contribution < -0.4 is 5.32 Å². The Morgan fingerprint density at radius 2 is 1.85 bits per heavy atom. The van der Waals surface area contributed by atoms with Crippen LogP contribution in [0.2, 0.25) is 10.0 Å². The summed E-state index contributed by atoms with van der Waals surface area (Å²) in [4.78, 5) is 21.2. The summed E-state index contributed by atoms with van der Waals surface area (Å²) < 4.78 is 0. The van der Waals surface area contributed by atoms with Crippen LogP contribution in [0, 0.1) is 0 Å². The number of nitrogens with one attached hydrogen (secondary N) is 1. The zero-order valence-electron chi connectivity index (χ0n) is 14.5. The monoisotopic (exact) mass is 392 g/mol. The number of aromatic nitrogens is 1. The Bertz CT molecular complexity index is 734. The number of amides is 1. The number of rotatable bonds is 6. The molecule has 7 heteroatoms. The molecule has 1 aromatic carbocycles. The summed E-state index contributed by atoms with van der Waals surface area (Å²) >= 11 is 12.0. The fourth-order valence-corrected chi connectivity index (χ4v) is 3.29. The minimum atomic E-state index is -0.0509. The van der Waals surface area contributed by atoms with Crippen molar-refractivity contribution in [3.8, 4) is 0 Å². The van der Waals surface area contributed by atoms with Gasteiger partial charge in [0.25, 0.3) is 0 Å². The maximum Gasteiger partial charge on any atom is 0.225 e. The van der Waals surface area contributed by atoms with E-state index in [1.54, 1.807) is 18.2 Å². The standard InChI is InChI=1S/C19H22Cl2N4O/c20-15-4-5-17(21)18(13-15)23-19(26)6-8-24-9-11-25(12-10-24)14-16-3-1-2-7-22-16/h1-5,7,13H,6,8-12,14H2,(H,23,26). The normalized spacial score (nSPS) is 15.8. The maximum absolute atomic E-state index is 12.2. The molecule has 1 saturated heterocycles. The summed E-state index contributed by atoms with van der Waals surface area (Å²) in [5.74, 6) is -0.0509. The smallest absolute Gasteiger partial charge is 0.225 e. The first kappa shape index (κ1) is 19.1. The van der Waals surface area contributed by atoms with Gasteiger partial charge in [-0.15, -0.1) is 0 Å². The average Bonchev–Trinajstić information content (AvgIpc) is 2.65. The molecule has 138 valence electrons. The summed E-state index contributed by atoms with van der Waals surface area (Å²) in [6.07, 6.45) is 2.26. The molecule has 1 amide bonds. The van der Waals surface area contributed by atoms with Gasteiger partial charge in [-0.3, -0.25) is 14.7 Å². The van der Waals surface area contributed by atoms with E-state index in [-0.39, 0.29) is 5.91 Å². The molecule has 0 spiro atoms. The zero-order valence-corrected chi connectivity index (χ0v) is 16.0. The summed E-state index contributed by atoms with van der Waals surface area (Å²) in [7, 11) is 0. The number of carbonyl (C=O) groups excluding carboxylic acids is 1. The van der Waals surface area contributed by atoms with Crippen molar-refractivity contribution in [1.29, 1.82) is 0 Å². The van der Waals surface area contributed by atoms with E-state index in [2.05, 4.69) is 26.2 Å². The third-order valence-electron chi connectivity index (χ3n) is 4.43. The van der Waals surface area contributed by atoms with Gasteiger partial charge >= 0.3 is 0 Å². The van der Waals surface area contributed by atoms with Crippen LogP contribution in [0.3, 0.4) is 0 Å². The van der Waals surface area contributed by atoms with Crippen LogP contribution in [0.4, 0.5) is 5.69 Å². The SMILES string of the molecule is O=C(CCN1CCN(Cc2ccccn2)CC1)Nc1cc(Cl)ccc1Cl. The van der Waals surface area contributed by atoms with E-state index < -0.39 is 0 Å². The Kier molecular flexibility index (Phi) is 6.86. The summed E-state index contributed by atoms with van der Waals surface area (Å²) in [5.41, 5.74) is 1.66. The molecule has 3 rings (SSSR count). The molecular weight excluding hydrogens is 371 g/mol. The first-order valence-electron chi connectivity index (χ1n) is 8.70. The predicted molar refractivity (Wildman–Crippen MR) is 106 cm³/mol. The van der Waals surface area contributed by atoms with Crippen LogP contribution in [0.15, 0.2) is 42.6 Å². The van der Waals surface area contributed by atoms with Crippen LogP contribution in [0.1, 0.15) is 12.1 Å². The molecule has 2 aromatic rings. The highest BCUT2D eigenvalue weighted by Gasteiger charge is 2.18. The molecule has 0 aliphatic carbocycles. The Hall–Kier alpha value is -1.66. The third kappa shape index (κ3) is 5.68. The van der Waals surface area contributed by atoms with Gasteiger partial charge in [-0.1, -0.05) is 29.3 Å². The number of halogens is 2. The molecule has 1 N–H and O–H groups in total. The molecule has 1 aliphatic heterocycles. The van der Waals surface area contributed by atoms with Gasteiger partial charge in [0.2, 0.25) is 5.91 Å². The topological polar surface area (TPSA) is 48.5 Å². The van der Waals surface area contributed by atoms with Crippen LogP contribution in [0.25, 0.3) is 0 Å². The van der Waals surface area contributed by atoms with E-state index in [1.807, 2.05) is 18.3 Å². The van der Waals surface area contributed by atoms with E-state index in [9.17, 15) is 4.79 Å². The molecule has 0 bridgehead atoms. The molecule has 1 aliphatic rings. The van der Waals surface area contributed by atoms with Gasteiger partial charge in [0.05, 0.1) is 16.4 Å². The van der Waals surface area contributed by atoms with Crippen molar-refractivity contribution >= 4 is 34.8 Å². The van der Waals surface area contributed by atoms with Gasteiger partial charge in [0.1, 0.15) is 0 Å². The van der Waals surface area contributed by atoms with Crippen molar-refractivity contribution in [1.82, 2.24) is 14.8 Å². The second-order valence-electron chi connectivity index (χ2n) is 6.36. The minimum Gasteiger partial charge on any atom is -0.325 e. The van der Waals surface area contributed by atoms with Crippen molar-refractivity contribution in [2.45, 2.75) is 13.0 Å². The predicted octanol–water partition coefficient (Wildman–Crippen LogP) is 3.53. The number of hydrogen-bond donors (Lipinski definition) is 1. The number of anilines is 1. The first-order valence-corrected chi connectivity index (χ1v) is 9.45. The van der Waals surface area contributed by atoms with E-state index >= 15 is 0 Å². The molecule has 0 radical (unpaired) electrons. The lowest BCUT2D eigenvalue weighted by Crippen LogP contribution is -2.46. The minimum absolute atomic E-state index is 0.0509. The van der Waals surface area contributed by atoms with Gasteiger partial charge in [-0.25, -0.2) is 0 Å². The van der Waals surface area contributed by atoms with Gasteiger partial charge in [-0.2, -0.15) is 0 Å². The second-order valence-corrected chi connectivity index (χ2v) is 7.20. The van der Waals surface area contributed by atoms with Crippen molar-refractivity contribution in [3.63, 3.8) is 0 Å². The van der Waals surface area contributed by atoms with E-state index in [1.165, 1.54) is 0 Å². The fraction of sp³-hybridized carbons (Fsp3) is 0.368. The van der Waals surface area contributed by atoms with Gasteiger partial charge in [0, 0.05) is 56.9 Å². The molecule has 0 unspecified atom stereocenters. The van der Waals surface area contributed by atoms with Crippen LogP contribution in [0.5, 0.6) is 0 Å². The Labute approximate surface area is 163 Å². The van der Waals surface area contributed by atoms with Crippen LogP contribution in [-0.2, 0) is 11.3 Å². The quantitative estimate of drug-likeness (QED) is 0.816. The molecule has 0 saturated carbocycles. The van der Waals surface area contributed by atoms with Crippen LogP contribution in [-0.4, -0.2) is 53.4 Å². The Morgan fingerprint density at radius 3 is 2.58 bits per heavy atom. The summed E-state index contributed by atoms with van der Waals surface area (Å²) in [6.45, 7) is 5.50. The number of nitrogens with zero attached hydrogens (tertiary/aromatic N) is 3. The fourth-order valence-electron chi connectivity index (χ4n) is 2.96. The second kappa shape index (κ2) is 9.33. The van der Waals surface area contributed by atoms with E-state index in [4.69, 9.17) is 23.2 Å². The van der Waals surface area contributed by atoms with Crippen molar-refractivity contribution in [2.24, 2.45) is 0 Å². The van der Waals surface area contributed by atoms with Crippen LogP contribution >= 0.6 is 23.2 Å². The maximum atomic E-state index is 12.2.